The van der Waals surface area contributed by atoms with E-state index in [-0.39, 0.29) is 5.91 Å². The third-order valence-electron chi connectivity index (χ3n) is 4.42. The van der Waals surface area contributed by atoms with Gasteiger partial charge in [-0.1, -0.05) is 18.2 Å². The Labute approximate surface area is 148 Å². The highest BCUT2D eigenvalue weighted by Gasteiger charge is 2.18. The monoisotopic (exact) mass is 357 g/mol. The van der Waals surface area contributed by atoms with Crippen molar-refractivity contribution in [3.05, 3.63) is 46.3 Å². The van der Waals surface area contributed by atoms with Gasteiger partial charge in [0, 0.05) is 15.8 Å². The lowest BCUT2D eigenvalue weighted by Crippen LogP contribution is -2.26. The Morgan fingerprint density at radius 2 is 2.12 bits per heavy atom. The van der Waals surface area contributed by atoms with Crippen molar-refractivity contribution in [1.82, 2.24) is 10.3 Å². The number of nitrogens with one attached hydrogen (secondary N) is 2. The summed E-state index contributed by atoms with van der Waals surface area (Å²) in [6, 6.07) is 8.21. The Kier molecular flexibility index (Phi) is 4.60. The molecule has 4 rings (SSSR count). The maximum absolute atomic E-state index is 12.4. The number of hydrogen-bond acceptors (Lipinski definition) is 5. The zero-order valence-corrected chi connectivity index (χ0v) is 14.9. The number of rotatable bonds is 4. The molecule has 2 N–H and O–H groups in total. The molecule has 6 heteroatoms. The predicted octanol–water partition coefficient (Wildman–Crippen LogP) is 4.01. The summed E-state index contributed by atoms with van der Waals surface area (Å²) in [5.74, 6) is 0.583. The van der Waals surface area contributed by atoms with Crippen LogP contribution in [0.5, 0.6) is 0 Å². The normalized spacial score (nSPS) is 15.7. The molecular weight excluding hydrogens is 338 g/mol. The summed E-state index contributed by atoms with van der Waals surface area (Å²) in [4.78, 5) is 18.0. The van der Waals surface area contributed by atoms with Gasteiger partial charge < -0.3 is 10.6 Å². The maximum Gasteiger partial charge on any atom is 0.230 e. The number of thiazole rings is 1. The molecule has 2 aromatic heterocycles. The van der Waals surface area contributed by atoms with Gasteiger partial charge >= 0.3 is 0 Å². The highest BCUT2D eigenvalue weighted by molar-refractivity contribution is 7.17. The van der Waals surface area contributed by atoms with E-state index in [1.54, 1.807) is 22.7 Å². The van der Waals surface area contributed by atoms with E-state index in [2.05, 4.69) is 33.1 Å². The van der Waals surface area contributed by atoms with Crippen LogP contribution in [-0.4, -0.2) is 24.0 Å². The molecule has 0 saturated carbocycles. The van der Waals surface area contributed by atoms with E-state index in [0.717, 1.165) is 31.5 Å². The van der Waals surface area contributed by atoms with Crippen molar-refractivity contribution >= 4 is 43.8 Å². The molecule has 1 aromatic carbocycles. The van der Waals surface area contributed by atoms with Crippen LogP contribution in [0, 0.1) is 0 Å². The van der Waals surface area contributed by atoms with E-state index in [0.29, 0.717) is 17.5 Å². The summed E-state index contributed by atoms with van der Waals surface area (Å²) >= 11 is 3.30. The summed E-state index contributed by atoms with van der Waals surface area (Å²) in [5.41, 5.74) is 1.09. The number of carbonyl (C=O) groups is 1. The van der Waals surface area contributed by atoms with Crippen molar-refractivity contribution in [2.24, 2.45) is 0 Å². The number of hydrogen-bond donors (Lipinski definition) is 2. The van der Waals surface area contributed by atoms with E-state index in [4.69, 9.17) is 0 Å². The summed E-state index contributed by atoms with van der Waals surface area (Å²) in [6.45, 7) is 2.13. The van der Waals surface area contributed by atoms with Gasteiger partial charge in [0.05, 0.1) is 6.42 Å². The predicted molar refractivity (Wildman–Crippen MR) is 101 cm³/mol. The van der Waals surface area contributed by atoms with Gasteiger partial charge in [0.2, 0.25) is 5.91 Å². The van der Waals surface area contributed by atoms with Crippen molar-refractivity contribution in [2.75, 3.05) is 18.4 Å². The lowest BCUT2D eigenvalue weighted by atomic mass is 9.97. The maximum atomic E-state index is 12.4. The van der Waals surface area contributed by atoms with Crippen molar-refractivity contribution < 1.29 is 4.79 Å². The fourth-order valence-electron chi connectivity index (χ4n) is 3.15. The Bertz CT molecular complexity index is 849. The van der Waals surface area contributed by atoms with Gasteiger partial charge in [-0.2, -0.15) is 0 Å². The number of anilines is 1. The average Bonchev–Trinajstić information content (AvgIpc) is 3.23. The molecular formula is C18H19N3OS2. The van der Waals surface area contributed by atoms with Gasteiger partial charge in [0.25, 0.3) is 0 Å². The van der Waals surface area contributed by atoms with Gasteiger partial charge in [0.1, 0.15) is 0 Å². The Morgan fingerprint density at radius 3 is 3.00 bits per heavy atom. The van der Waals surface area contributed by atoms with E-state index in [1.807, 2.05) is 18.3 Å². The van der Waals surface area contributed by atoms with Crippen molar-refractivity contribution in [3.63, 3.8) is 0 Å². The number of amides is 1. The molecule has 0 atom stereocenters. The van der Waals surface area contributed by atoms with Gasteiger partial charge in [-0.3, -0.25) is 4.79 Å². The van der Waals surface area contributed by atoms with Crippen molar-refractivity contribution in [2.45, 2.75) is 25.2 Å². The van der Waals surface area contributed by atoms with E-state index in [1.165, 1.54) is 15.0 Å². The minimum atomic E-state index is 0.00441. The van der Waals surface area contributed by atoms with E-state index in [9.17, 15) is 4.79 Å². The summed E-state index contributed by atoms with van der Waals surface area (Å²) in [7, 11) is 0. The Hall–Kier alpha value is -1.76. The molecule has 0 bridgehead atoms. The van der Waals surface area contributed by atoms with E-state index >= 15 is 0 Å². The van der Waals surface area contributed by atoms with Crippen LogP contribution in [0.3, 0.4) is 0 Å². The van der Waals surface area contributed by atoms with Crippen LogP contribution in [0.15, 0.2) is 35.8 Å². The van der Waals surface area contributed by atoms with E-state index < -0.39 is 0 Å². The van der Waals surface area contributed by atoms with Gasteiger partial charge in [0.15, 0.2) is 5.13 Å². The number of carbonyl (C=O) groups excluding carboxylic acids is 1. The number of benzene rings is 1. The molecule has 4 nitrogen and oxygen atoms in total. The highest BCUT2D eigenvalue weighted by Crippen LogP contribution is 2.32. The molecule has 24 heavy (non-hydrogen) atoms. The smallest absolute Gasteiger partial charge is 0.230 e. The first-order chi connectivity index (χ1) is 11.8. The van der Waals surface area contributed by atoms with Gasteiger partial charge in [-0.25, -0.2) is 4.98 Å². The minimum absolute atomic E-state index is 0.00441. The van der Waals surface area contributed by atoms with Crippen LogP contribution in [0.1, 0.15) is 29.2 Å². The highest BCUT2D eigenvalue weighted by atomic mass is 32.1. The second-order valence-electron chi connectivity index (χ2n) is 6.07. The SMILES string of the molecule is O=C(Cc1csc2ccccc12)Nc1ncc(C2CCNCC2)s1. The molecule has 124 valence electrons. The summed E-state index contributed by atoms with van der Waals surface area (Å²) < 4.78 is 1.22. The third-order valence-corrected chi connectivity index (χ3v) is 6.51. The van der Waals surface area contributed by atoms with Crippen LogP contribution in [0.25, 0.3) is 10.1 Å². The fraction of sp³-hybridized carbons (Fsp3) is 0.333. The van der Waals surface area contributed by atoms with Crippen LogP contribution in [-0.2, 0) is 11.2 Å². The number of nitrogens with zero attached hydrogens (tertiary/aromatic N) is 1. The van der Waals surface area contributed by atoms with Gasteiger partial charge in [-0.05, 0) is 54.2 Å². The standard InChI is InChI=1S/C18H19N3OS2/c22-17(9-13-11-23-15-4-2-1-3-14(13)15)21-18-20-10-16(24-18)12-5-7-19-8-6-12/h1-4,10-12,19H,5-9H2,(H,20,21,22). The number of fused-ring (bicyclic) bond motifs is 1. The molecule has 0 aliphatic carbocycles. The lowest BCUT2D eigenvalue weighted by Gasteiger charge is -2.20. The molecule has 1 aliphatic rings. The molecule has 1 aliphatic heterocycles. The third kappa shape index (κ3) is 3.36. The minimum Gasteiger partial charge on any atom is -0.317 e. The molecule has 3 heterocycles. The van der Waals surface area contributed by atoms with Crippen molar-refractivity contribution in [3.8, 4) is 0 Å². The zero-order chi connectivity index (χ0) is 16.4. The molecule has 1 fully saturated rings. The summed E-state index contributed by atoms with van der Waals surface area (Å²) in [5, 5.41) is 10.3. The Balaban J connectivity index is 1.42. The molecule has 0 unspecified atom stereocenters. The fourth-order valence-corrected chi connectivity index (χ4v) is 5.11. The number of aromatic nitrogens is 1. The van der Waals surface area contributed by atoms with Gasteiger partial charge in [-0.15, -0.1) is 22.7 Å². The second kappa shape index (κ2) is 7.01. The quantitative estimate of drug-likeness (QED) is 0.742. The van der Waals surface area contributed by atoms with Crippen LogP contribution in [0.4, 0.5) is 5.13 Å². The van der Waals surface area contributed by atoms with Crippen LogP contribution < -0.4 is 10.6 Å². The number of piperidine rings is 1. The molecule has 0 radical (unpaired) electrons. The second-order valence-corrected chi connectivity index (χ2v) is 8.05. The first-order valence-corrected chi connectivity index (χ1v) is 9.90. The zero-order valence-electron chi connectivity index (χ0n) is 13.2. The molecule has 1 amide bonds. The first-order valence-electron chi connectivity index (χ1n) is 8.21. The number of thiophene rings is 1. The molecule has 1 saturated heterocycles. The van der Waals surface area contributed by atoms with Crippen LogP contribution >= 0.6 is 22.7 Å². The topological polar surface area (TPSA) is 54.0 Å². The largest absolute Gasteiger partial charge is 0.317 e. The van der Waals surface area contributed by atoms with Crippen LogP contribution in [0.2, 0.25) is 0 Å². The lowest BCUT2D eigenvalue weighted by molar-refractivity contribution is -0.115. The Morgan fingerprint density at radius 1 is 1.29 bits per heavy atom. The molecule has 3 aromatic rings. The molecule has 0 spiro atoms. The first kappa shape index (κ1) is 15.7. The summed E-state index contributed by atoms with van der Waals surface area (Å²) in [6.07, 6.45) is 4.62. The van der Waals surface area contributed by atoms with Crippen molar-refractivity contribution in [1.29, 1.82) is 0 Å². The average molecular weight is 358 g/mol.